The molecule has 150 valence electrons. The average Bonchev–Trinajstić information content (AvgIpc) is 3.15. The number of ether oxygens (including phenoxy) is 2. The fraction of sp³-hybridized carbons (Fsp3) is 0.778. The highest BCUT2D eigenvalue weighted by molar-refractivity contribution is 14.0. The molecule has 0 radical (unpaired) electrons. The number of hydrogen-bond donors (Lipinski definition) is 1. The Kier molecular flexibility index (Phi) is 10.5. The van der Waals surface area contributed by atoms with Gasteiger partial charge in [0.1, 0.15) is 0 Å². The van der Waals surface area contributed by atoms with Crippen molar-refractivity contribution in [3.05, 3.63) is 17.0 Å². The summed E-state index contributed by atoms with van der Waals surface area (Å²) in [5.41, 5.74) is 3.69. The monoisotopic (exact) mass is 479 g/mol. The van der Waals surface area contributed by atoms with Crippen molar-refractivity contribution in [1.29, 1.82) is 0 Å². The molecule has 0 amide bonds. The third-order valence-corrected chi connectivity index (χ3v) is 4.90. The number of methoxy groups -OCH3 is 1. The lowest BCUT2D eigenvalue weighted by molar-refractivity contribution is 0.0536. The number of hydrogen-bond acceptors (Lipinski definition) is 4. The van der Waals surface area contributed by atoms with E-state index in [-0.39, 0.29) is 24.0 Å². The molecule has 1 N–H and O–H groups in total. The van der Waals surface area contributed by atoms with Gasteiger partial charge in [0, 0.05) is 52.5 Å². The summed E-state index contributed by atoms with van der Waals surface area (Å²) in [7, 11) is 5.55. The number of aliphatic imine (C=N–C) groups is 1. The SMILES string of the molecule is CN=C(NCCc1c(C)nn(C)c1C)N1CCC(COCCOC)C1.I. The van der Waals surface area contributed by atoms with Crippen LogP contribution in [-0.4, -0.2) is 74.3 Å². The van der Waals surface area contributed by atoms with Gasteiger partial charge in [0.15, 0.2) is 5.96 Å². The fourth-order valence-corrected chi connectivity index (χ4v) is 3.36. The quantitative estimate of drug-likeness (QED) is 0.267. The Hall–Kier alpha value is -0.870. The summed E-state index contributed by atoms with van der Waals surface area (Å²) in [6.07, 6.45) is 2.11. The maximum absolute atomic E-state index is 5.67. The molecule has 1 unspecified atom stereocenters. The van der Waals surface area contributed by atoms with E-state index in [0.717, 1.165) is 50.7 Å². The van der Waals surface area contributed by atoms with Crippen molar-refractivity contribution in [1.82, 2.24) is 20.0 Å². The first kappa shape index (κ1) is 23.2. The van der Waals surface area contributed by atoms with Gasteiger partial charge in [-0.25, -0.2) is 0 Å². The van der Waals surface area contributed by atoms with Gasteiger partial charge in [-0.2, -0.15) is 5.10 Å². The van der Waals surface area contributed by atoms with E-state index in [1.807, 2.05) is 18.8 Å². The topological polar surface area (TPSA) is 63.9 Å². The Labute approximate surface area is 174 Å². The van der Waals surface area contributed by atoms with E-state index in [1.54, 1.807) is 7.11 Å². The van der Waals surface area contributed by atoms with Gasteiger partial charge in [0.25, 0.3) is 0 Å². The molecular weight excluding hydrogens is 445 g/mol. The normalized spacial score (nSPS) is 17.5. The highest BCUT2D eigenvalue weighted by Gasteiger charge is 2.24. The summed E-state index contributed by atoms with van der Waals surface area (Å²) < 4.78 is 12.6. The second-order valence-corrected chi connectivity index (χ2v) is 6.67. The average molecular weight is 479 g/mol. The van der Waals surface area contributed by atoms with Crippen LogP contribution in [-0.2, 0) is 22.9 Å². The molecule has 26 heavy (non-hydrogen) atoms. The predicted molar refractivity (Wildman–Crippen MR) is 116 cm³/mol. The molecule has 1 saturated heterocycles. The van der Waals surface area contributed by atoms with Crippen molar-refractivity contribution in [3.63, 3.8) is 0 Å². The van der Waals surface area contributed by atoms with Gasteiger partial charge < -0.3 is 19.7 Å². The first-order valence-corrected chi connectivity index (χ1v) is 9.08. The second-order valence-electron chi connectivity index (χ2n) is 6.67. The number of halogens is 1. The summed E-state index contributed by atoms with van der Waals surface area (Å²) >= 11 is 0. The summed E-state index contributed by atoms with van der Waals surface area (Å²) in [6.45, 7) is 9.22. The molecule has 0 saturated carbocycles. The lowest BCUT2D eigenvalue weighted by Gasteiger charge is -2.21. The molecule has 0 spiro atoms. The lowest BCUT2D eigenvalue weighted by Crippen LogP contribution is -2.41. The molecule has 1 aromatic rings. The summed E-state index contributed by atoms with van der Waals surface area (Å²) in [4.78, 5) is 6.77. The van der Waals surface area contributed by atoms with Gasteiger partial charge in [0.05, 0.1) is 25.5 Å². The zero-order valence-corrected chi connectivity index (χ0v) is 19.1. The van der Waals surface area contributed by atoms with E-state index in [1.165, 1.54) is 11.3 Å². The van der Waals surface area contributed by atoms with E-state index >= 15 is 0 Å². The van der Waals surface area contributed by atoms with Crippen LogP contribution in [0.2, 0.25) is 0 Å². The molecule has 0 aliphatic carbocycles. The number of aryl methyl sites for hydroxylation is 2. The Morgan fingerprint density at radius 3 is 2.73 bits per heavy atom. The van der Waals surface area contributed by atoms with Crippen molar-refractivity contribution < 1.29 is 9.47 Å². The van der Waals surface area contributed by atoms with Crippen molar-refractivity contribution in [3.8, 4) is 0 Å². The third kappa shape index (κ3) is 6.38. The zero-order valence-electron chi connectivity index (χ0n) is 16.7. The molecule has 2 rings (SSSR count). The highest BCUT2D eigenvalue weighted by Crippen LogP contribution is 2.17. The maximum atomic E-state index is 5.67. The van der Waals surface area contributed by atoms with Gasteiger partial charge in [-0.3, -0.25) is 9.67 Å². The van der Waals surface area contributed by atoms with Crippen LogP contribution in [0.1, 0.15) is 23.4 Å². The minimum Gasteiger partial charge on any atom is -0.382 e. The van der Waals surface area contributed by atoms with Crippen LogP contribution in [0, 0.1) is 19.8 Å². The molecule has 8 heteroatoms. The third-order valence-electron chi connectivity index (χ3n) is 4.90. The highest BCUT2D eigenvalue weighted by atomic mass is 127. The molecule has 0 bridgehead atoms. The minimum atomic E-state index is 0. The largest absolute Gasteiger partial charge is 0.382 e. The molecule has 1 fully saturated rings. The summed E-state index contributed by atoms with van der Waals surface area (Å²) in [5.74, 6) is 1.55. The summed E-state index contributed by atoms with van der Waals surface area (Å²) in [5, 5.41) is 7.98. The maximum Gasteiger partial charge on any atom is 0.193 e. The van der Waals surface area contributed by atoms with E-state index in [4.69, 9.17) is 9.47 Å². The van der Waals surface area contributed by atoms with Crippen LogP contribution in [0.25, 0.3) is 0 Å². The zero-order chi connectivity index (χ0) is 18.2. The van der Waals surface area contributed by atoms with Gasteiger partial charge in [-0.05, 0) is 32.3 Å². The van der Waals surface area contributed by atoms with Crippen LogP contribution in [0.3, 0.4) is 0 Å². The van der Waals surface area contributed by atoms with Crippen LogP contribution in [0.15, 0.2) is 4.99 Å². The Bertz CT molecular complexity index is 576. The van der Waals surface area contributed by atoms with Gasteiger partial charge in [0.2, 0.25) is 0 Å². The Morgan fingerprint density at radius 1 is 1.35 bits per heavy atom. The molecule has 1 aliphatic heterocycles. The van der Waals surface area contributed by atoms with Crippen molar-refractivity contribution >= 4 is 29.9 Å². The van der Waals surface area contributed by atoms with Crippen molar-refractivity contribution in [2.75, 3.05) is 53.6 Å². The number of rotatable bonds is 8. The van der Waals surface area contributed by atoms with Crippen molar-refractivity contribution in [2.24, 2.45) is 18.0 Å². The van der Waals surface area contributed by atoms with E-state index in [0.29, 0.717) is 19.1 Å². The molecular formula is C18H34IN5O2. The van der Waals surface area contributed by atoms with Crippen LogP contribution < -0.4 is 5.32 Å². The van der Waals surface area contributed by atoms with Crippen LogP contribution >= 0.6 is 24.0 Å². The Morgan fingerprint density at radius 2 is 2.12 bits per heavy atom. The number of nitrogens with zero attached hydrogens (tertiary/aromatic N) is 4. The molecule has 0 aromatic carbocycles. The lowest BCUT2D eigenvalue weighted by atomic mass is 10.1. The number of nitrogens with one attached hydrogen (secondary N) is 1. The van der Waals surface area contributed by atoms with Crippen LogP contribution in [0.4, 0.5) is 0 Å². The van der Waals surface area contributed by atoms with Gasteiger partial charge in [-0.1, -0.05) is 0 Å². The van der Waals surface area contributed by atoms with E-state index < -0.39 is 0 Å². The second kappa shape index (κ2) is 11.8. The molecule has 1 atom stereocenters. The van der Waals surface area contributed by atoms with E-state index in [2.05, 4.69) is 34.2 Å². The number of guanidine groups is 1. The fourth-order valence-electron chi connectivity index (χ4n) is 3.36. The first-order chi connectivity index (χ1) is 12.1. The van der Waals surface area contributed by atoms with Gasteiger partial charge >= 0.3 is 0 Å². The van der Waals surface area contributed by atoms with Crippen molar-refractivity contribution in [2.45, 2.75) is 26.7 Å². The molecule has 7 nitrogen and oxygen atoms in total. The number of aromatic nitrogens is 2. The Balaban J connectivity index is 0.00000338. The molecule has 1 aromatic heterocycles. The first-order valence-electron chi connectivity index (χ1n) is 9.08. The molecule has 2 heterocycles. The number of likely N-dealkylation sites (tertiary alicyclic amines) is 1. The van der Waals surface area contributed by atoms with E-state index in [9.17, 15) is 0 Å². The standard InChI is InChI=1S/C18H33N5O2.HI/c1-14-17(15(2)22(4)21-14)6-8-20-18(19-3)23-9-7-16(12-23)13-25-11-10-24-5;/h16H,6-13H2,1-5H3,(H,19,20);1H. The smallest absolute Gasteiger partial charge is 0.193 e. The minimum absolute atomic E-state index is 0. The molecule has 1 aliphatic rings. The predicted octanol–water partition coefficient (Wildman–Crippen LogP) is 1.76. The summed E-state index contributed by atoms with van der Waals surface area (Å²) in [6, 6.07) is 0. The van der Waals surface area contributed by atoms with Crippen LogP contribution in [0.5, 0.6) is 0 Å². The van der Waals surface area contributed by atoms with Gasteiger partial charge in [-0.15, -0.1) is 24.0 Å².